The highest BCUT2D eigenvalue weighted by Crippen LogP contribution is 2.56. The molecule has 4 rings (SSSR count). The summed E-state index contributed by atoms with van der Waals surface area (Å²) in [4.78, 5) is 27.9. The Labute approximate surface area is 154 Å². The maximum Gasteiger partial charge on any atom is 0.325 e. The van der Waals surface area contributed by atoms with Gasteiger partial charge in [-0.3, -0.25) is 9.78 Å². The zero-order chi connectivity index (χ0) is 18.4. The summed E-state index contributed by atoms with van der Waals surface area (Å²) in [6.45, 7) is 4.20. The van der Waals surface area contributed by atoms with Gasteiger partial charge in [0.1, 0.15) is 5.69 Å². The normalized spacial score (nSPS) is 18.7. The Morgan fingerprint density at radius 1 is 1.08 bits per heavy atom. The largest absolute Gasteiger partial charge is 0.325 e. The fourth-order valence-electron chi connectivity index (χ4n) is 3.51. The molecule has 26 heavy (non-hydrogen) atoms. The number of nitrogens with one attached hydrogen (secondary N) is 2. The molecular weight excluding hydrogens is 352 g/mol. The second-order valence-electron chi connectivity index (χ2n) is 6.77. The average Bonchev–Trinajstić information content (AvgIpc) is 3.36. The molecule has 7 heteroatoms. The molecule has 2 heterocycles. The van der Waals surface area contributed by atoms with Crippen LogP contribution in [0.3, 0.4) is 0 Å². The SMILES string of the molecule is Cc1ccc(C2CC2c2cc(-c3c[nH]c(=O)[nH]c3=O)nnc2Cl)c(C)c1. The lowest BCUT2D eigenvalue weighted by Gasteiger charge is -2.08. The number of H-pyrrole nitrogens is 2. The Balaban J connectivity index is 1.70. The summed E-state index contributed by atoms with van der Waals surface area (Å²) in [5.41, 5.74) is 4.31. The van der Waals surface area contributed by atoms with Crippen LogP contribution in [-0.4, -0.2) is 20.2 Å². The third-order valence-electron chi connectivity index (χ3n) is 4.89. The monoisotopic (exact) mass is 368 g/mol. The summed E-state index contributed by atoms with van der Waals surface area (Å²) in [6, 6.07) is 8.27. The molecule has 1 saturated carbocycles. The number of aryl methyl sites for hydroxylation is 2. The zero-order valence-corrected chi connectivity index (χ0v) is 15.1. The molecule has 3 aromatic rings. The van der Waals surface area contributed by atoms with Crippen LogP contribution in [0.25, 0.3) is 11.3 Å². The van der Waals surface area contributed by atoms with Crippen molar-refractivity contribution in [2.75, 3.05) is 0 Å². The van der Waals surface area contributed by atoms with Crippen molar-refractivity contribution >= 4 is 11.6 Å². The average molecular weight is 369 g/mol. The first-order valence-electron chi connectivity index (χ1n) is 8.36. The Bertz CT molecular complexity index is 1120. The number of aromatic nitrogens is 4. The Morgan fingerprint density at radius 2 is 1.85 bits per heavy atom. The standard InChI is InChI=1S/C19H17ClN4O2/c1-9-3-4-11(10(2)5-9)12-6-13(12)14-7-16(23-24-17(14)20)15-8-21-19(26)22-18(15)25/h3-5,7-8,12-13H,6H2,1-2H3,(H2,21,22,25,26). The second kappa shape index (κ2) is 6.21. The van der Waals surface area contributed by atoms with Crippen molar-refractivity contribution in [3.8, 4) is 11.3 Å². The van der Waals surface area contributed by atoms with Gasteiger partial charge in [0.2, 0.25) is 0 Å². The molecule has 2 aromatic heterocycles. The minimum absolute atomic E-state index is 0.250. The molecule has 2 atom stereocenters. The van der Waals surface area contributed by atoms with Gasteiger partial charge in [0, 0.05) is 6.20 Å². The van der Waals surface area contributed by atoms with Crippen molar-refractivity contribution in [3.63, 3.8) is 0 Å². The Hall–Kier alpha value is -2.73. The quantitative estimate of drug-likeness (QED) is 0.743. The van der Waals surface area contributed by atoms with Gasteiger partial charge in [-0.05, 0) is 54.9 Å². The smallest absolute Gasteiger partial charge is 0.313 e. The van der Waals surface area contributed by atoms with Crippen molar-refractivity contribution in [1.29, 1.82) is 0 Å². The maximum absolute atomic E-state index is 12.0. The van der Waals surface area contributed by atoms with Crippen molar-refractivity contribution < 1.29 is 0 Å². The van der Waals surface area contributed by atoms with Crippen LogP contribution in [0.1, 0.15) is 40.5 Å². The van der Waals surface area contributed by atoms with Gasteiger partial charge in [-0.2, -0.15) is 0 Å². The minimum Gasteiger partial charge on any atom is -0.313 e. The van der Waals surface area contributed by atoms with Crippen molar-refractivity contribution in [3.05, 3.63) is 78.7 Å². The summed E-state index contributed by atoms with van der Waals surface area (Å²) in [7, 11) is 0. The molecule has 6 nitrogen and oxygen atoms in total. The van der Waals surface area contributed by atoms with Crippen LogP contribution in [-0.2, 0) is 0 Å². The molecule has 1 aliphatic carbocycles. The van der Waals surface area contributed by atoms with Gasteiger partial charge in [-0.15, -0.1) is 10.2 Å². The summed E-state index contributed by atoms with van der Waals surface area (Å²) < 4.78 is 0. The van der Waals surface area contributed by atoms with Crippen LogP contribution in [0, 0.1) is 13.8 Å². The summed E-state index contributed by atoms with van der Waals surface area (Å²) >= 11 is 6.28. The number of hydrogen-bond donors (Lipinski definition) is 2. The first-order chi connectivity index (χ1) is 12.4. The van der Waals surface area contributed by atoms with Crippen molar-refractivity contribution in [1.82, 2.24) is 20.2 Å². The van der Waals surface area contributed by atoms with Gasteiger partial charge >= 0.3 is 5.69 Å². The predicted octanol–water partition coefficient (Wildman–Crippen LogP) is 3.06. The predicted molar refractivity (Wildman–Crippen MR) is 99.7 cm³/mol. The van der Waals surface area contributed by atoms with E-state index in [0.717, 1.165) is 12.0 Å². The van der Waals surface area contributed by atoms with Crippen molar-refractivity contribution in [2.24, 2.45) is 0 Å². The Kier molecular flexibility index (Phi) is 4.00. The number of rotatable bonds is 3. The van der Waals surface area contributed by atoms with E-state index in [2.05, 4.69) is 52.2 Å². The second-order valence-corrected chi connectivity index (χ2v) is 7.13. The van der Waals surface area contributed by atoms with E-state index in [1.807, 2.05) is 0 Å². The van der Waals surface area contributed by atoms with Gasteiger partial charge < -0.3 is 4.98 Å². The fraction of sp³-hybridized carbons (Fsp3) is 0.263. The summed E-state index contributed by atoms with van der Waals surface area (Å²) in [5.74, 6) is 0.638. The van der Waals surface area contributed by atoms with E-state index in [0.29, 0.717) is 16.8 Å². The molecule has 132 valence electrons. The van der Waals surface area contributed by atoms with E-state index in [1.54, 1.807) is 6.07 Å². The fourth-order valence-corrected chi connectivity index (χ4v) is 3.74. The number of halogens is 1. The third-order valence-corrected chi connectivity index (χ3v) is 5.18. The molecule has 2 N–H and O–H groups in total. The molecule has 0 bridgehead atoms. The number of aromatic amines is 2. The van der Waals surface area contributed by atoms with Gasteiger partial charge in [0.15, 0.2) is 5.15 Å². The lowest BCUT2D eigenvalue weighted by molar-refractivity contribution is 0.948. The molecule has 0 spiro atoms. The van der Waals surface area contributed by atoms with E-state index in [-0.39, 0.29) is 11.5 Å². The van der Waals surface area contributed by atoms with Crippen LogP contribution >= 0.6 is 11.6 Å². The number of nitrogens with zero attached hydrogens (tertiary/aromatic N) is 2. The molecule has 0 radical (unpaired) electrons. The molecule has 1 aliphatic rings. The number of hydrogen-bond acceptors (Lipinski definition) is 4. The van der Waals surface area contributed by atoms with E-state index in [9.17, 15) is 9.59 Å². The van der Waals surface area contributed by atoms with Crippen molar-refractivity contribution in [2.45, 2.75) is 32.1 Å². The van der Waals surface area contributed by atoms with E-state index < -0.39 is 11.2 Å². The topological polar surface area (TPSA) is 91.5 Å². The van der Waals surface area contributed by atoms with Crippen LogP contribution in [0.2, 0.25) is 5.15 Å². The maximum atomic E-state index is 12.0. The van der Waals surface area contributed by atoms with E-state index >= 15 is 0 Å². The van der Waals surface area contributed by atoms with Crippen LogP contribution in [0.4, 0.5) is 0 Å². The highest BCUT2D eigenvalue weighted by Gasteiger charge is 2.42. The van der Waals surface area contributed by atoms with Crippen LogP contribution in [0.15, 0.2) is 40.1 Å². The zero-order valence-electron chi connectivity index (χ0n) is 14.3. The van der Waals surface area contributed by atoms with Gasteiger partial charge in [-0.25, -0.2) is 4.79 Å². The molecule has 0 amide bonds. The third kappa shape index (κ3) is 2.97. The van der Waals surface area contributed by atoms with Crippen LogP contribution < -0.4 is 11.2 Å². The lowest BCUT2D eigenvalue weighted by Crippen LogP contribution is -2.23. The highest BCUT2D eigenvalue weighted by molar-refractivity contribution is 6.30. The first-order valence-corrected chi connectivity index (χ1v) is 8.74. The molecule has 0 aliphatic heterocycles. The van der Waals surface area contributed by atoms with Crippen LogP contribution in [0.5, 0.6) is 0 Å². The molecule has 0 saturated heterocycles. The summed E-state index contributed by atoms with van der Waals surface area (Å²) in [5, 5.41) is 8.38. The summed E-state index contributed by atoms with van der Waals surface area (Å²) in [6.07, 6.45) is 2.33. The highest BCUT2D eigenvalue weighted by atomic mass is 35.5. The first kappa shape index (κ1) is 16.7. The van der Waals surface area contributed by atoms with Gasteiger partial charge in [0.05, 0.1) is 5.56 Å². The number of benzene rings is 1. The Morgan fingerprint density at radius 3 is 2.58 bits per heavy atom. The lowest BCUT2D eigenvalue weighted by atomic mass is 9.99. The van der Waals surface area contributed by atoms with Gasteiger partial charge in [-0.1, -0.05) is 35.4 Å². The molecule has 1 aromatic carbocycles. The van der Waals surface area contributed by atoms with E-state index in [1.165, 1.54) is 22.9 Å². The van der Waals surface area contributed by atoms with E-state index in [4.69, 9.17) is 11.6 Å². The molecule has 1 fully saturated rings. The van der Waals surface area contributed by atoms with Gasteiger partial charge in [0.25, 0.3) is 5.56 Å². The molecule has 2 unspecified atom stereocenters. The minimum atomic E-state index is -0.557. The molecular formula is C19H17ClN4O2.